The van der Waals surface area contributed by atoms with E-state index in [0.717, 1.165) is 49.2 Å². The van der Waals surface area contributed by atoms with Crippen LogP contribution in [0.15, 0.2) is 17.3 Å². The summed E-state index contributed by atoms with van der Waals surface area (Å²) in [5.41, 5.74) is 0.898. The number of nitrogens with one attached hydrogen (secondary N) is 2. The fraction of sp³-hybridized carbons (Fsp3) is 0.600. The molecule has 1 aliphatic carbocycles. The Morgan fingerprint density at radius 2 is 2.21 bits per heavy atom. The van der Waals surface area contributed by atoms with Gasteiger partial charge in [-0.2, -0.15) is 0 Å². The third-order valence-electron chi connectivity index (χ3n) is 6.06. The van der Waals surface area contributed by atoms with Crippen LogP contribution < -0.4 is 5.32 Å². The lowest BCUT2D eigenvalue weighted by Crippen LogP contribution is -2.39. The van der Waals surface area contributed by atoms with E-state index in [9.17, 15) is 4.79 Å². The minimum atomic E-state index is 0.0412. The number of carbonyl (C=O) groups is 1. The summed E-state index contributed by atoms with van der Waals surface area (Å²) in [6.45, 7) is 9.94. The molecule has 2 aromatic heterocycles. The summed E-state index contributed by atoms with van der Waals surface area (Å²) in [5.74, 6) is 3.72. The van der Waals surface area contributed by atoms with Gasteiger partial charge in [-0.3, -0.25) is 4.57 Å². The lowest BCUT2D eigenvalue weighted by Gasteiger charge is -2.18. The molecule has 2 amide bonds. The molecule has 2 N–H and O–H groups in total. The van der Waals surface area contributed by atoms with Crippen LogP contribution in [0.5, 0.6) is 0 Å². The van der Waals surface area contributed by atoms with Crippen molar-refractivity contribution in [2.45, 2.75) is 45.4 Å². The van der Waals surface area contributed by atoms with Gasteiger partial charge >= 0.3 is 6.03 Å². The number of hydrogen-bond donors (Lipinski definition) is 2. The largest absolute Gasteiger partial charge is 0.345 e. The highest BCUT2D eigenvalue weighted by atomic mass is 16.2. The summed E-state index contributed by atoms with van der Waals surface area (Å²) in [6, 6.07) is 2.00. The lowest BCUT2D eigenvalue weighted by atomic mass is 9.93. The number of urea groups is 1. The third-order valence-corrected chi connectivity index (χ3v) is 6.06. The molecule has 8 heteroatoms. The first-order valence-electron chi connectivity index (χ1n) is 10.2. The molecular weight excluding hydrogens is 354 g/mol. The summed E-state index contributed by atoms with van der Waals surface area (Å²) in [5, 5.41) is 11.9. The van der Waals surface area contributed by atoms with Crippen LogP contribution in [0.4, 0.5) is 10.6 Å². The molecule has 8 nitrogen and oxygen atoms in total. The molecule has 28 heavy (non-hydrogen) atoms. The van der Waals surface area contributed by atoms with Crippen molar-refractivity contribution >= 4 is 18.6 Å². The van der Waals surface area contributed by atoms with Crippen molar-refractivity contribution in [1.82, 2.24) is 30.0 Å². The van der Waals surface area contributed by atoms with E-state index in [-0.39, 0.29) is 11.9 Å². The topological polar surface area (TPSA) is 91.2 Å². The second-order valence-electron chi connectivity index (χ2n) is 7.95. The van der Waals surface area contributed by atoms with Crippen molar-refractivity contribution in [3.63, 3.8) is 0 Å². The summed E-state index contributed by atoms with van der Waals surface area (Å²) in [4.78, 5) is 21.8. The van der Waals surface area contributed by atoms with E-state index in [0.29, 0.717) is 18.3 Å². The predicted octanol–water partition coefficient (Wildman–Crippen LogP) is 3.17. The third kappa shape index (κ3) is 3.55. The van der Waals surface area contributed by atoms with Gasteiger partial charge in [0.1, 0.15) is 11.6 Å². The molecule has 0 spiro atoms. The van der Waals surface area contributed by atoms with Gasteiger partial charge in [0.05, 0.1) is 5.69 Å². The highest BCUT2D eigenvalue weighted by Crippen LogP contribution is 2.36. The van der Waals surface area contributed by atoms with E-state index < -0.39 is 0 Å². The van der Waals surface area contributed by atoms with E-state index in [1.807, 2.05) is 28.7 Å². The van der Waals surface area contributed by atoms with Crippen molar-refractivity contribution in [2.24, 2.45) is 16.8 Å². The second-order valence-corrected chi connectivity index (χ2v) is 7.95. The SMILES string of the molecule is C=Nc1[nH]ccc1-n1c(C)nnc1[C@@H]1CN(C(=O)NCCC2CC2)C[C@@H]1CC. The Morgan fingerprint density at radius 3 is 2.93 bits per heavy atom. The van der Waals surface area contributed by atoms with Crippen molar-refractivity contribution in [2.75, 3.05) is 19.6 Å². The number of amides is 2. The van der Waals surface area contributed by atoms with Gasteiger partial charge in [-0.05, 0) is 38.0 Å². The van der Waals surface area contributed by atoms with Crippen LogP contribution in [0, 0.1) is 18.8 Å². The minimum Gasteiger partial charge on any atom is -0.345 e. The number of aromatic amines is 1. The highest BCUT2D eigenvalue weighted by Gasteiger charge is 2.38. The summed E-state index contributed by atoms with van der Waals surface area (Å²) in [6.07, 6.45) is 6.55. The summed E-state index contributed by atoms with van der Waals surface area (Å²) >= 11 is 0. The molecule has 0 unspecified atom stereocenters. The molecule has 1 saturated heterocycles. The van der Waals surface area contributed by atoms with Gasteiger partial charge in [-0.1, -0.05) is 26.2 Å². The van der Waals surface area contributed by atoms with Crippen LogP contribution >= 0.6 is 0 Å². The Bertz CT molecular complexity index is 851. The molecule has 2 aliphatic rings. The smallest absolute Gasteiger partial charge is 0.317 e. The molecule has 0 bridgehead atoms. The number of aryl methyl sites for hydroxylation is 1. The summed E-state index contributed by atoms with van der Waals surface area (Å²) < 4.78 is 2.04. The number of aliphatic imine (C=N–C) groups is 1. The minimum absolute atomic E-state index is 0.0412. The molecule has 0 radical (unpaired) electrons. The summed E-state index contributed by atoms with van der Waals surface area (Å²) in [7, 11) is 0. The molecule has 1 saturated carbocycles. The first-order chi connectivity index (χ1) is 13.6. The quantitative estimate of drug-likeness (QED) is 0.720. The van der Waals surface area contributed by atoms with Gasteiger partial charge in [0.2, 0.25) is 0 Å². The standard InChI is InChI=1S/C20H29N7O/c1-4-15-11-26(20(28)23-9-7-14-5-6-14)12-16(15)19-25-24-13(2)27(19)17-8-10-22-18(17)21-3/h8,10,14-16,22H,3-7,9,11-12H2,1-2H3,(H,23,28)/t15-,16+/m0/s1. The molecular formula is C20H29N7O. The Morgan fingerprint density at radius 1 is 1.39 bits per heavy atom. The second kappa shape index (κ2) is 7.77. The zero-order valence-electron chi connectivity index (χ0n) is 16.7. The number of H-pyrrole nitrogens is 1. The van der Waals surface area contributed by atoms with Crippen LogP contribution in [-0.2, 0) is 0 Å². The molecule has 150 valence electrons. The zero-order valence-corrected chi connectivity index (χ0v) is 16.7. The van der Waals surface area contributed by atoms with Crippen LogP contribution in [-0.4, -0.2) is 57.0 Å². The Kier molecular flexibility index (Phi) is 5.19. The molecule has 2 fully saturated rings. The maximum atomic E-state index is 12.6. The van der Waals surface area contributed by atoms with E-state index in [1.54, 1.807) is 0 Å². The van der Waals surface area contributed by atoms with Gasteiger partial charge in [0.25, 0.3) is 0 Å². The fourth-order valence-corrected chi connectivity index (χ4v) is 4.22. The normalized spacial score (nSPS) is 21.9. The van der Waals surface area contributed by atoms with E-state index in [1.165, 1.54) is 12.8 Å². The maximum Gasteiger partial charge on any atom is 0.317 e. The average Bonchev–Trinajstić information content (AvgIpc) is 3.08. The number of rotatable bonds is 7. The van der Waals surface area contributed by atoms with Crippen molar-refractivity contribution in [1.29, 1.82) is 0 Å². The number of nitrogens with zero attached hydrogens (tertiary/aromatic N) is 5. The van der Waals surface area contributed by atoms with E-state index >= 15 is 0 Å². The van der Waals surface area contributed by atoms with Crippen LogP contribution in [0.3, 0.4) is 0 Å². The van der Waals surface area contributed by atoms with Gasteiger partial charge in [0, 0.05) is 31.7 Å². The number of hydrogen-bond acceptors (Lipinski definition) is 4. The maximum absolute atomic E-state index is 12.6. The first kappa shape index (κ1) is 18.7. The highest BCUT2D eigenvalue weighted by molar-refractivity contribution is 5.74. The molecule has 3 heterocycles. The van der Waals surface area contributed by atoms with Gasteiger partial charge < -0.3 is 15.2 Å². The monoisotopic (exact) mass is 383 g/mol. The van der Waals surface area contributed by atoms with Gasteiger partial charge in [-0.25, -0.2) is 9.79 Å². The lowest BCUT2D eigenvalue weighted by molar-refractivity contribution is 0.206. The Balaban J connectivity index is 1.53. The number of aromatic nitrogens is 4. The van der Waals surface area contributed by atoms with E-state index in [4.69, 9.17) is 0 Å². The molecule has 0 aromatic carbocycles. The van der Waals surface area contributed by atoms with Crippen molar-refractivity contribution in [3.8, 4) is 5.69 Å². The fourth-order valence-electron chi connectivity index (χ4n) is 4.22. The number of carbonyl (C=O) groups excluding carboxylic acids is 1. The first-order valence-corrected chi connectivity index (χ1v) is 10.2. The predicted molar refractivity (Wildman–Crippen MR) is 108 cm³/mol. The molecule has 4 rings (SSSR count). The van der Waals surface area contributed by atoms with Crippen molar-refractivity contribution < 1.29 is 4.79 Å². The van der Waals surface area contributed by atoms with Crippen LogP contribution in [0.1, 0.15) is 50.2 Å². The molecule has 2 aromatic rings. The van der Waals surface area contributed by atoms with Crippen LogP contribution in [0.25, 0.3) is 5.69 Å². The van der Waals surface area contributed by atoms with Crippen molar-refractivity contribution in [3.05, 3.63) is 23.9 Å². The molecule has 2 atom stereocenters. The van der Waals surface area contributed by atoms with Crippen LogP contribution in [0.2, 0.25) is 0 Å². The van der Waals surface area contributed by atoms with Gasteiger partial charge in [-0.15, -0.1) is 10.2 Å². The molecule has 1 aliphatic heterocycles. The zero-order chi connectivity index (χ0) is 19.7. The van der Waals surface area contributed by atoms with E-state index in [2.05, 4.69) is 39.1 Å². The number of likely N-dealkylation sites (tertiary alicyclic amines) is 1. The Labute approximate surface area is 165 Å². The Hall–Kier alpha value is -2.64. The van der Waals surface area contributed by atoms with Gasteiger partial charge in [0.15, 0.2) is 5.82 Å². The average molecular weight is 384 g/mol.